The predicted octanol–water partition coefficient (Wildman–Crippen LogP) is 4.67. The molecule has 0 saturated heterocycles. The fourth-order valence-electron chi connectivity index (χ4n) is 3.19. The van der Waals surface area contributed by atoms with Crippen molar-refractivity contribution in [2.75, 3.05) is 24.4 Å². The summed E-state index contributed by atoms with van der Waals surface area (Å²) in [5, 5.41) is 2.03. The van der Waals surface area contributed by atoms with Crippen LogP contribution in [0.15, 0.2) is 77.0 Å². The van der Waals surface area contributed by atoms with E-state index in [1.165, 1.54) is 28.4 Å². The molecule has 0 N–H and O–H groups in total. The van der Waals surface area contributed by atoms with Crippen LogP contribution in [0.5, 0.6) is 0 Å². The van der Waals surface area contributed by atoms with Crippen molar-refractivity contribution in [3.05, 3.63) is 82.6 Å². The SMILES string of the molecule is CCCN(CCc1cccs1)C(=O)c1cccc(S(=O)(=O)N(C)c2ccccc2)c1. The fourth-order valence-corrected chi connectivity index (χ4v) is 5.13. The summed E-state index contributed by atoms with van der Waals surface area (Å²) in [4.78, 5) is 16.3. The van der Waals surface area contributed by atoms with Gasteiger partial charge in [-0.1, -0.05) is 37.3 Å². The molecule has 1 amide bonds. The highest BCUT2D eigenvalue weighted by Gasteiger charge is 2.23. The Morgan fingerprint density at radius 1 is 0.967 bits per heavy atom. The van der Waals surface area contributed by atoms with Gasteiger partial charge in [0.05, 0.1) is 10.6 Å². The summed E-state index contributed by atoms with van der Waals surface area (Å²) in [6.45, 7) is 3.26. The molecule has 7 heteroatoms. The number of para-hydroxylation sites is 1. The number of amides is 1. The van der Waals surface area contributed by atoms with Crippen LogP contribution in [0, 0.1) is 0 Å². The number of sulfonamides is 1. The predicted molar refractivity (Wildman–Crippen MR) is 123 cm³/mol. The van der Waals surface area contributed by atoms with Crippen LogP contribution in [0.25, 0.3) is 0 Å². The highest BCUT2D eigenvalue weighted by molar-refractivity contribution is 7.92. The summed E-state index contributed by atoms with van der Waals surface area (Å²) in [5.74, 6) is -0.146. The van der Waals surface area contributed by atoms with E-state index in [0.717, 1.165) is 12.8 Å². The van der Waals surface area contributed by atoms with E-state index < -0.39 is 10.0 Å². The van der Waals surface area contributed by atoms with Crippen molar-refractivity contribution in [3.8, 4) is 0 Å². The second kappa shape index (κ2) is 9.91. The molecule has 30 heavy (non-hydrogen) atoms. The van der Waals surface area contributed by atoms with E-state index in [0.29, 0.717) is 24.3 Å². The summed E-state index contributed by atoms with van der Waals surface area (Å²) in [6, 6.07) is 19.3. The van der Waals surface area contributed by atoms with Crippen molar-refractivity contribution in [2.24, 2.45) is 0 Å². The molecule has 5 nitrogen and oxygen atoms in total. The number of carbonyl (C=O) groups is 1. The Balaban J connectivity index is 1.82. The van der Waals surface area contributed by atoms with Gasteiger partial charge in [0.1, 0.15) is 0 Å². The van der Waals surface area contributed by atoms with Crippen LogP contribution >= 0.6 is 11.3 Å². The van der Waals surface area contributed by atoms with Gasteiger partial charge in [0.25, 0.3) is 15.9 Å². The summed E-state index contributed by atoms with van der Waals surface area (Å²) < 4.78 is 27.4. The van der Waals surface area contributed by atoms with Gasteiger partial charge >= 0.3 is 0 Å². The number of hydrogen-bond acceptors (Lipinski definition) is 4. The Morgan fingerprint density at radius 3 is 2.40 bits per heavy atom. The zero-order valence-electron chi connectivity index (χ0n) is 17.2. The minimum Gasteiger partial charge on any atom is -0.338 e. The lowest BCUT2D eigenvalue weighted by atomic mass is 10.2. The number of benzene rings is 2. The number of rotatable bonds is 9. The van der Waals surface area contributed by atoms with Gasteiger partial charge in [0, 0.05) is 30.6 Å². The average molecular weight is 443 g/mol. The van der Waals surface area contributed by atoms with E-state index in [1.807, 2.05) is 24.4 Å². The van der Waals surface area contributed by atoms with Gasteiger partial charge in [0.2, 0.25) is 0 Å². The number of nitrogens with zero attached hydrogens (tertiary/aromatic N) is 2. The van der Waals surface area contributed by atoms with Crippen LogP contribution in [0.1, 0.15) is 28.6 Å². The lowest BCUT2D eigenvalue weighted by Crippen LogP contribution is -2.34. The van der Waals surface area contributed by atoms with E-state index in [9.17, 15) is 13.2 Å². The molecule has 0 unspecified atom stereocenters. The first-order chi connectivity index (χ1) is 14.4. The highest BCUT2D eigenvalue weighted by Crippen LogP contribution is 2.23. The van der Waals surface area contributed by atoms with Gasteiger partial charge in [0.15, 0.2) is 0 Å². The maximum Gasteiger partial charge on any atom is 0.264 e. The minimum atomic E-state index is -3.77. The van der Waals surface area contributed by atoms with Gasteiger partial charge in [-0.2, -0.15) is 0 Å². The summed E-state index contributed by atoms with van der Waals surface area (Å²) in [5.41, 5.74) is 0.954. The third kappa shape index (κ3) is 5.09. The van der Waals surface area contributed by atoms with Crippen molar-refractivity contribution in [3.63, 3.8) is 0 Å². The Hall–Kier alpha value is -2.64. The molecule has 2 aromatic carbocycles. The molecule has 3 rings (SSSR count). The zero-order valence-corrected chi connectivity index (χ0v) is 18.8. The summed E-state index contributed by atoms with van der Waals surface area (Å²) in [6.07, 6.45) is 1.63. The monoisotopic (exact) mass is 442 g/mol. The molecule has 0 bridgehead atoms. The quantitative estimate of drug-likeness (QED) is 0.484. The number of carbonyl (C=O) groups excluding carboxylic acids is 1. The van der Waals surface area contributed by atoms with E-state index in [2.05, 4.69) is 6.07 Å². The van der Waals surface area contributed by atoms with Gasteiger partial charge < -0.3 is 4.90 Å². The van der Waals surface area contributed by atoms with Crippen molar-refractivity contribution < 1.29 is 13.2 Å². The second-order valence-corrected chi connectivity index (χ2v) is 9.96. The minimum absolute atomic E-state index is 0.106. The maximum atomic E-state index is 13.1. The topological polar surface area (TPSA) is 57.7 Å². The van der Waals surface area contributed by atoms with E-state index >= 15 is 0 Å². The molecule has 0 radical (unpaired) electrons. The highest BCUT2D eigenvalue weighted by atomic mass is 32.2. The molecular weight excluding hydrogens is 416 g/mol. The molecule has 0 atom stereocenters. The molecule has 0 aliphatic rings. The van der Waals surface area contributed by atoms with Crippen LogP contribution in [-0.4, -0.2) is 39.4 Å². The normalized spacial score (nSPS) is 11.3. The largest absolute Gasteiger partial charge is 0.338 e. The van der Waals surface area contributed by atoms with E-state index in [-0.39, 0.29) is 10.8 Å². The fraction of sp³-hybridized carbons (Fsp3) is 0.261. The van der Waals surface area contributed by atoms with Crippen molar-refractivity contribution in [2.45, 2.75) is 24.7 Å². The Bertz CT molecular complexity index is 1060. The first-order valence-electron chi connectivity index (χ1n) is 9.89. The number of anilines is 1. The molecule has 0 saturated carbocycles. The van der Waals surface area contributed by atoms with Crippen molar-refractivity contribution >= 4 is 33.0 Å². The third-order valence-corrected chi connectivity index (χ3v) is 7.57. The summed E-state index contributed by atoms with van der Waals surface area (Å²) >= 11 is 1.67. The molecular formula is C23H26N2O3S2. The van der Waals surface area contributed by atoms with Gasteiger partial charge in [-0.15, -0.1) is 11.3 Å². The molecule has 1 aromatic heterocycles. The van der Waals surface area contributed by atoms with Crippen LogP contribution in [0.3, 0.4) is 0 Å². The maximum absolute atomic E-state index is 13.1. The van der Waals surface area contributed by atoms with Crippen LogP contribution in [0.2, 0.25) is 0 Å². The summed E-state index contributed by atoms with van der Waals surface area (Å²) in [7, 11) is -2.25. The van der Waals surface area contributed by atoms with Gasteiger partial charge in [-0.25, -0.2) is 8.42 Å². The second-order valence-electron chi connectivity index (χ2n) is 6.96. The lowest BCUT2D eigenvalue weighted by molar-refractivity contribution is 0.0757. The smallest absolute Gasteiger partial charge is 0.264 e. The van der Waals surface area contributed by atoms with Crippen LogP contribution in [-0.2, 0) is 16.4 Å². The third-order valence-electron chi connectivity index (χ3n) is 4.85. The molecule has 0 spiro atoms. The standard InChI is InChI=1S/C23H26N2O3S2/c1-3-15-25(16-14-21-12-8-17-29-21)23(26)19-9-7-13-22(18-19)30(27,28)24(2)20-10-5-4-6-11-20/h4-13,17-18H,3,14-16H2,1-2H3. The van der Waals surface area contributed by atoms with Crippen LogP contribution < -0.4 is 4.31 Å². The van der Waals surface area contributed by atoms with E-state index in [1.54, 1.807) is 52.6 Å². The zero-order chi connectivity index (χ0) is 21.6. The first-order valence-corrected chi connectivity index (χ1v) is 12.2. The Labute approximate surface area is 182 Å². The molecule has 0 aliphatic heterocycles. The van der Waals surface area contributed by atoms with Crippen LogP contribution in [0.4, 0.5) is 5.69 Å². The molecule has 3 aromatic rings. The first kappa shape index (κ1) is 22.1. The lowest BCUT2D eigenvalue weighted by Gasteiger charge is -2.23. The molecule has 1 heterocycles. The van der Waals surface area contributed by atoms with Crippen molar-refractivity contribution in [1.82, 2.24) is 4.90 Å². The number of thiophene rings is 1. The van der Waals surface area contributed by atoms with E-state index in [4.69, 9.17) is 0 Å². The van der Waals surface area contributed by atoms with Gasteiger partial charge in [-0.05, 0) is 54.6 Å². The Kier molecular flexibility index (Phi) is 7.29. The molecule has 158 valence electrons. The Morgan fingerprint density at radius 2 is 1.73 bits per heavy atom. The molecule has 0 aliphatic carbocycles. The average Bonchev–Trinajstić information content (AvgIpc) is 3.30. The molecule has 0 fully saturated rings. The van der Waals surface area contributed by atoms with Gasteiger partial charge in [-0.3, -0.25) is 9.10 Å². The van der Waals surface area contributed by atoms with Crippen molar-refractivity contribution in [1.29, 1.82) is 0 Å². The number of hydrogen-bond donors (Lipinski definition) is 0.